The molecule has 0 radical (unpaired) electrons. The summed E-state index contributed by atoms with van der Waals surface area (Å²) in [5, 5.41) is 3.68. The quantitative estimate of drug-likeness (QED) is 0.748. The van der Waals surface area contributed by atoms with E-state index in [-0.39, 0.29) is 5.91 Å². The third-order valence-corrected chi connectivity index (χ3v) is 3.18. The number of ether oxygens (including phenoxy) is 2. The number of amides is 1. The minimum atomic E-state index is 0.0946. The standard InChI is InChI=1S/C15H23ClN2O3/c1-17-10-11-8-12(16)9-13(20-4)15(11)21-7-5-6-14(19)18(2)3/h8-9,17H,5-7,10H2,1-4H3. The molecule has 6 heteroatoms. The van der Waals surface area contributed by atoms with Crippen molar-refractivity contribution in [3.8, 4) is 11.5 Å². The number of hydrogen-bond acceptors (Lipinski definition) is 4. The van der Waals surface area contributed by atoms with Crippen molar-refractivity contribution < 1.29 is 14.3 Å². The highest BCUT2D eigenvalue weighted by atomic mass is 35.5. The van der Waals surface area contributed by atoms with E-state index in [1.54, 1.807) is 32.2 Å². The van der Waals surface area contributed by atoms with Crippen LogP contribution in [0.5, 0.6) is 11.5 Å². The van der Waals surface area contributed by atoms with Crippen molar-refractivity contribution in [3.63, 3.8) is 0 Å². The van der Waals surface area contributed by atoms with E-state index in [2.05, 4.69) is 5.32 Å². The Hall–Kier alpha value is -1.46. The highest BCUT2D eigenvalue weighted by Gasteiger charge is 2.13. The summed E-state index contributed by atoms with van der Waals surface area (Å²) in [6.07, 6.45) is 1.12. The molecule has 0 saturated carbocycles. The lowest BCUT2D eigenvalue weighted by Gasteiger charge is -2.16. The fourth-order valence-corrected chi connectivity index (χ4v) is 2.11. The molecule has 1 N–H and O–H groups in total. The minimum Gasteiger partial charge on any atom is -0.493 e. The smallest absolute Gasteiger partial charge is 0.222 e. The third-order valence-electron chi connectivity index (χ3n) is 2.96. The topological polar surface area (TPSA) is 50.8 Å². The Balaban J connectivity index is 2.70. The zero-order valence-electron chi connectivity index (χ0n) is 13.0. The Labute approximate surface area is 131 Å². The van der Waals surface area contributed by atoms with Gasteiger partial charge in [-0.25, -0.2) is 0 Å². The fourth-order valence-electron chi connectivity index (χ4n) is 1.88. The van der Waals surface area contributed by atoms with Crippen LogP contribution in [0, 0.1) is 0 Å². The van der Waals surface area contributed by atoms with Gasteiger partial charge < -0.3 is 19.7 Å². The summed E-state index contributed by atoms with van der Waals surface area (Å²) >= 11 is 6.06. The van der Waals surface area contributed by atoms with Crippen LogP contribution in [0.1, 0.15) is 18.4 Å². The second kappa shape index (κ2) is 8.74. The summed E-state index contributed by atoms with van der Waals surface area (Å²) in [5.74, 6) is 1.37. The van der Waals surface area contributed by atoms with Crippen LogP contribution in [-0.2, 0) is 11.3 Å². The van der Waals surface area contributed by atoms with Gasteiger partial charge in [-0.3, -0.25) is 4.79 Å². The number of carbonyl (C=O) groups is 1. The molecule has 0 unspecified atom stereocenters. The van der Waals surface area contributed by atoms with Crippen LogP contribution in [0.4, 0.5) is 0 Å². The number of methoxy groups -OCH3 is 1. The summed E-state index contributed by atoms with van der Waals surface area (Å²) in [7, 11) is 6.93. The van der Waals surface area contributed by atoms with Gasteiger partial charge in [0, 0.05) is 43.7 Å². The summed E-state index contributed by atoms with van der Waals surface area (Å²) in [4.78, 5) is 13.1. The van der Waals surface area contributed by atoms with Gasteiger partial charge in [0.1, 0.15) is 0 Å². The van der Waals surface area contributed by atoms with E-state index in [9.17, 15) is 4.79 Å². The van der Waals surface area contributed by atoms with Crippen molar-refractivity contribution in [2.75, 3.05) is 34.9 Å². The highest BCUT2D eigenvalue weighted by molar-refractivity contribution is 6.30. The van der Waals surface area contributed by atoms with Crippen molar-refractivity contribution in [2.45, 2.75) is 19.4 Å². The largest absolute Gasteiger partial charge is 0.493 e. The van der Waals surface area contributed by atoms with Crippen LogP contribution in [0.3, 0.4) is 0 Å². The van der Waals surface area contributed by atoms with Crippen LogP contribution in [0.2, 0.25) is 5.02 Å². The van der Waals surface area contributed by atoms with Gasteiger partial charge in [0.15, 0.2) is 11.5 Å². The van der Waals surface area contributed by atoms with Crippen molar-refractivity contribution >= 4 is 17.5 Å². The Bertz CT molecular complexity index is 478. The van der Waals surface area contributed by atoms with Crippen molar-refractivity contribution in [2.24, 2.45) is 0 Å². The molecular formula is C15H23ClN2O3. The molecule has 0 aliphatic carbocycles. The summed E-state index contributed by atoms with van der Waals surface area (Å²) < 4.78 is 11.1. The molecule has 1 aromatic rings. The highest BCUT2D eigenvalue weighted by Crippen LogP contribution is 2.34. The second-order valence-corrected chi connectivity index (χ2v) is 5.30. The van der Waals surface area contributed by atoms with Crippen LogP contribution in [-0.4, -0.2) is 45.7 Å². The maximum Gasteiger partial charge on any atom is 0.222 e. The lowest BCUT2D eigenvalue weighted by molar-refractivity contribution is -0.128. The number of nitrogens with one attached hydrogen (secondary N) is 1. The summed E-state index contributed by atoms with van der Waals surface area (Å²) in [6, 6.07) is 3.57. The number of carbonyl (C=O) groups excluding carboxylic acids is 1. The average Bonchev–Trinajstić information content (AvgIpc) is 2.44. The first-order valence-corrected chi connectivity index (χ1v) is 7.21. The average molecular weight is 315 g/mol. The zero-order valence-corrected chi connectivity index (χ0v) is 13.8. The first-order valence-electron chi connectivity index (χ1n) is 6.83. The molecule has 1 amide bonds. The predicted octanol–water partition coefficient (Wildman–Crippen LogP) is 2.32. The molecule has 0 saturated heterocycles. The summed E-state index contributed by atoms with van der Waals surface area (Å²) in [6.45, 7) is 1.08. The van der Waals surface area contributed by atoms with Gasteiger partial charge in [0.25, 0.3) is 0 Å². The zero-order chi connectivity index (χ0) is 15.8. The molecule has 0 bridgehead atoms. The fraction of sp³-hybridized carbons (Fsp3) is 0.533. The molecule has 0 heterocycles. The Morgan fingerprint density at radius 3 is 2.67 bits per heavy atom. The molecule has 0 fully saturated rings. The Kier molecular flexibility index (Phi) is 7.32. The van der Waals surface area contributed by atoms with E-state index < -0.39 is 0 Å². The second-order valence-electron chi connectivity index (χ2n) is 4.87. The third kappa shape index (κ3) is 5.44. The monoisotopic (exact) mass is 314 g/mol. The molecule has 0 aromatic heterocycles. The Morgan fingerprint density at radius 1 is 1.38 bits per heavy atom. The molecule has 0 aliphatic rings. The van der Waals surface area contributed by atoms with Gasteiger partial charge in [-0.15, -0.1) is 0 Å². The van der Waals surface area contributed by atoms with E-state index in [4.69, 9.17) is 21.1 Å². The number of benzene rings is 1. The van der Waals surface area contributed by atoms with Gasteiger partial charge in [-0.2, -0.15) is 0 Å². The molecule has 0 spiro atoms. The first-order chi connectivity index (χ1) is 9.99. The molecule has 5 nitrogen and oxygen atoms in total. The van der Waals surface area contributed by atoms with Crippen LogP contribution < -0.4 is 14.8 Å². The molecule has 1 aromatic carbocycles. The van der Waals surface area contributed by atoms with E-state index in [0.717, 1.165) is 5.56 Å². The van der Waals surface area contributed by atoms with Gasteiger partial charge in [-0.05, 0) is 19.5 Å². The van der Waals surface area contributed by atoms with Crippen molar-refractivity contribution in [1.29, 1.82) is 0 Å². The van der Waals surface area contributed by atoms with Crippen LogP contribution in [0.25, 0.3) is 0 Å². The maximum absolute atomic E-state index is 11.5. The minimum absolute atomic E-state index is 0.0946. The maximum atomic E-state index is 11.5. The lowest BCUT2D eigenvalue weighted by atomic mass is 10.2. The Morgan fingerprint density at radius 2 is 2.10 bits per heavy atom. The lowest BCUT2D eigenvalue weighted by Crippen LogP contribution is -2.21. The van der Waals surface area contributed by atoms with Crippen molar-refractivity contribution in [3.05, 3.63) is 22.7 Å². The van der Waals surface area contributed by atoms with Gasteiger partial charge in [-0.1, -0.05) is 11.6 Å². The van der Waals surface area contributed by atoms with Crippen molar-refractivity contribution in [1.82, 2.24) is 10.2 Å². The molecule has 0 atom stereocenters. The van der Waals surface area contributed by atoms with Crippen LogP contribution >= 0.6 is 11.6 Å². The van der Waals surface area contributed by atoms with E-state index in [1.807, 2.05) is 13.1 Å². The molecule has 21 heavy (non-hydrogen) atoms. The van der Waals surface area contributed by atoms with Gasteiger partial charge in [0.2, 0.25) is 5.91 Å². The number of hydrogen-bond donors (Lipinski definition) is 1. The molecular weight excluding hydrogens is 292 g/mol. The normalized spacial score (nSPS) is 10.3. The van der Waals surface area contributed by atoms with E-state index in [0.29, 0.717) is 42.5 Å². The predicted molar refractivity (Wildman–Crippen MR) is 84.2 cm³/mol. The molecule has 0 aliphatic heterocycles. The molecule has 118 valence electrons. The first kappa shape index (κ1) is 17.6. The SMILES string of the molecule is CNCc1cc(Cl)cc(OC)c1OCCCC(=O)N(C)C. The number of nitrogens with zero attached hydrogens (tertiary/aromatic N) is 1. The van der Waals surface area contributed by atoms with E-state index in [1.165, 1.54) is 0 Å². The summed E-state index contributed by atoms with van der Waals surface area (Å²) in [5.41, 5.74) is 0.931. The van der Waals surface area contributed by atoms with Crippen LogP contribution in [0.15, 0.2) is 12.1 Å². The molecule has 1 rings (SSSR count). The van der Waals surface area contributed by atoms with Gasteiger partial charge >= 0.3 is 0 Å². The van der Waals surface area contributed by atoms with E-state index >= 15 is 0 Å². The number of rotatable bonds is 8. The van der Waals surface area contributed by atoms with Gasteiger partial charge in [0.05, 0.1) is 13.7 Å². The number of halogens is 1.